The highest BCUT2D eigenvalue weighted by Crippen LogP contribution is 2.45. The monoisotopic (exact) mass is 662 g/mol. The molecule has 0 unspecified atom stereocenters. The van der Waals surface area contributed by atoms with E-state index in [1.54, 1.807) is 0 Å². The molecule has 2 nitrogen and oxygen atoms in total. The Bertz CT molecular complexity index is 2890. The summed E-state index contributed by atoms with van der Waals surface area (Å²) in [5.41, 5.74) is 11.7. The zero-order chi connectivity index (χ0) is 34.4. The summed E-state index contributed by atoms with van der Waals surface area (Å²) >= 11 is 0. The molecule has 0 atom stereocenters. The average Bonchev–Trinajstić information content (AvgIpc) is 3.56. The van der Waals surface area contributed by atoms with Gasteiger partial charge in [-0.2, -0.15) is 0 Å². The quantitative estimate of drug-likeness (QED) is 0.161. The maximum Gasteiger partial charge on any atom is 0.0546 e. The number of nitrogens with zero attached hydrogens (tertiary/aromatic N) is 2. The summed E-state index contributed by atoms with van der Waals surface area (Å²) in [5, 5.41) is 7.45. The molecule has 1 heterocycles. The van der Waals surface area contributed by atoms with Crippen LogP contribution in [0, 0.1) is 0 Å². The van der Waals surface area contributed by atoms with E-state index in [4.69, 9.17) is 0 Å². The van der Waals surface area contributed by atoms with Crippen molar-refractivity contribution in [3.05, 3.63) is 206 Å². The fourth-order valence-electron chi connectivity index (χ4n) is 7.97. The molecule has 0 saturated heterocycles. The van der Waals surface area contributed by atoms with Crippen molar-refractivity contribution in [3.63, 3.8) is 0 Å². The Labute approximate surface area is 303 Å². The highest BCUT2D eigenvalue weighted by molar-refractivity contribution is 6.15. The molecule has 0 amide bonds. The van der Waals surface area contributed by atoms with E-state index >= 15 is 0 Å². The van der Waals surface area contributed by atoms with Gasteiger partial charge < -0.3 is 9.47 Å². The van der Waals surface area contributed by atoms with Gasteiger partial charge in [-0.05, 0) is 87.4 Å². The number of anilines is 3. The zero-order valence-corrected chi connectivity index (χ0v) is 28.5. The van der Waals surface area contributed by atoms with Crippen LogP contribution in [-0.4, -0.2) is 4.57 Å². The van der Waals surface area contributed by atoms with Gasteiger partial charge in [0.05, 0.1) is 22.4 Å². The van der Waals surface area contributed by atoms with Crippen molar-refractivity contribution in [3.8, 4) is 27.9 Å². The molecule has 0 aliphatic heterocycles. The molecule has 0 radical (unpaired) electrons. The van der Waals surface area contributed by atoms with Crippen LogP contribution in [0.1, 0.15) is 0 Å². The van der Waals surface area contributed by atoms with Crippen LogP contribution in [0.4, 0.5) is 17.1 Å². The van der Waals surface area contributed by atoms with Gasteiger partial charge in [-0.3, -0.25) is 0 Å². The molecule has 0 aliphatic carbocycles. The van der Waals surface area contributed by atoms with Crippen molar-refractivity contribution in [2.24, 2.45) is 0 Å². The van der Waals surface area contributed by atoms with E-state index in [0.717, 1.165) is 17.1 Å². The van der Waals surface area contributed by atoms with E-state index in [-0.39, 0.29) is 0 Å². The lowest BCUT2D eigenvalue weighted by molar-refractivity contribution is 1.18. The molecule has 0 bridgehead atoms. The van der Waals surface area contributed by atoms with Crippen molar-refractivity contribution >= 4 is 60.4 Å². The summed E-state index contributed by atoms with van der Waals surface area (Å²) in [6.07, 6.45) is 0. The molecule has 244 valence electrons. The predicted molar refractivity (Wildman–Crippen MR) is 221 cm³/mol. The van der Waals surface area contributed by atoms with Crippen molar-refractivity contribution in [1.82, 2.24) is 4.57 Å². The van der Waals surface area contributed by atoms with E-state index < -0.39 is 0 Å². The summed E-state index contributed by atoms with van der Waals surface area (Å²) in [4.78, 5) is 2.44. The van der Waals surface area contributed by atoms with Crippen LogP contribution in [-0.2, 0) is 0 Å². The second kappa shape index (κ2) is 12.5. The van der Waals surface area contributed by atoms with E-state index in [1.165, 1.54) is 71.3 Å². The van der Waals surface area contributed by atoms with E-state index in [1.807, 2.05) is 0 Å². The third-order valence-electron chi connectivity index (χ3n) is 10.4. The molecular weight excluding hydrogens is 629 g/mol. The molecule has 1 aromatic heterocycles. The molecule has 10 aromatic rings. The molecule has 9 aromatic carbocycles. The summed E-state index contributed by atoms with van der Waals surface area (Å²) in [6, 6.07) is 74.7. The molecule has 0 spiro atoms. The number of hydrogen-bond donors (Lipinski definition) is 0. The number of benzene rings is 9. The van der Waals surface area contributed by atoms with Gasteiger partial charge >= 0.3 is 0 Å². The van der Waals surface area contributed by atoms with Crippen molar-refractivity contribution in [2.45, 2.75) is 0 Å². The summed E-state index contributed by atoms with van der Waals surface area (Å²) in [6.45, 7) is 0. The van der Waals surface area contributed by atoms with E-state index in [9.17, 15) is 0 Å². The first-order chi connectivity index (χ1) is 25.8. The molecule has 0 saturated carbocycles. The lowest BCUT2D eigenvalue weighted by atomic mass is 9.97. The normalized spacial score (nSPS) is 11.5. The topological polar surface area (TPSA) is 8.17 Å². The SMILES string of the molecule is c1ccc(-c2ccccc2N(c2ccc(-c3ccc4c(c3)c3ccccc3n4-c3ccccc3)cc2)c2cccc3ccc4ccccc4c23)cc1. The van der Waals surface area contributed by atoms with Gasteiger partial charge in [-0.25, -0.2) is 0 Å². The number of hydrogen-bond acceptors (Lipinski definition) is 1. The molecule has 10 rings (SSSR count). The number of rotatable bonds is 6. The fourth-order valence-corrected chi connectivity index (χ4v) is 7.97. The Hall–Kier alpha value is -6.90. The smallest absolute Gasteiger partial charge is 0.0546 e. The maximum absolute atomic E-state index is 2.44. The van der Waals surface area contributed by atoms with Crippen LogP contribution in [0.2, 0.25) is 0 Å². The third-order valence-corrected chi connectivity index (χ3v) is 10.4. The first kappa shape index (κ1) is 30.0. The summed E-state index contributed by atoms with van der Waals surface area (Å²) < 4.78 is 2.37. The fraction of sp³-hybridized carbons (Fsp3) is 0. The number of aromatic nitrogens is 1. The lowest BCUT2D eigenvalue weighted by Gasteiger charge is -2.29. The average molecular weight is 663 g/mol. The molecular formula is C50H34N2. The van der Waals surface area contributed by atoms with Crippen molar-refractivity contribution in [2.75, 3.05) is 4.90 Å². The van der Waals surface area contributed by atoms with E-state index in [0.29, 0.717) is 0 Å². The number of fused-ring (bicyclic) bond motifs is 6. The van der Waals surface area contributed by atoms with Crippen LogP contribution in [0.3, 0.4) is 0 Å². The van der Waals surface area contributed by atoms with Crippen LogP contribution in [0.5, 0.6) is 0 Å². The van der Waals surface area contributed by atoms with Crippen LogP contribution < -0.4 is 4.90 Å². The first-order valence-corrected chi connectivity index (χ1v) is 17.9. The maximum atomic E-state index is 2.44. The van der Waals surface area contributed by atoms with Crippen molar-refractivity contribution in [1.29, 1.82) is 0 Å². The second-order valence-electron chi connectivity index (χ2n) is 13.3. The van der Waals surface area contributed by atoms with Gasteiger partial charge in [0.1, 0.15) is 0 Å². The Morgan fingerprint density at radius 2 is 0.962 bits per heavy atom. The van der Waals surface area contributed by atoms with Crippen LogP contribution in [0.25, 0.3) is 71.3 Å². The Morgan fingerprint density at radius 3 is 1.81 bits per heavy atom. The minimum Gasteiger partial charge on any atom is -0.309 e. The Balaban J connectivity index is 1.15. The Kier molecular flexibility index (Phi) is 7.18. The summed E-state index contributed by atoms with van der Waals surface area (Å²) in [5.74, 6) is 0. The Morgan fingerprint density at radius 1 is 0.346 bits per heavy atom. The van der Waals surface area contributed by atoms with Crippen molar-refractivity contribution < 1.29 is 0 Å². The molecule has 52 heavy (non-hydrogen) atoms. The lowest BCUT2D eigenvalue weighted by Crippen LogP contribution is -2.12. The molecule has 2 heteroatoms. The highest BCUT2D eigenvalue weighted by atomic mass is 15.1. The summed E-state index contributed by atoms with van der Waals surface area (Å²) in [7, 11) is 0. The van der Waals surface area contributed by atoms with Gasteiger partial charge in [-0.1, -0.05) is 152 Å². The second-order valence-corrected chi connectivity index (χ2v) is 13.3. The van der Waals surface area contributed by atoms with Gasteiger partial charge in [0.25, 0.3) is 0 Å². The molecule has 0 N–H and O–H groups in total. The molecule has 0 fully saturated rings. The minimum atomic E-state index is 1.11. The molecule has 0 aliphatic rings. The minimum absolute atomic E-state index is 1.11. The highest BCUT2D eigenvalue weighted by Gasteiger charge is 2.20. The van der Waals surface area contributed by atoms with Gasteiger partial charge in [0.15, 0.2) is 0 Å². The van der Waals surface area contributed by atoms with Crippen LogP contribution >= 0.6 is 0 Å². The largest absolute Gasteiger partial charge is 0.309 e. The van der Waals surface area contributed by atoms with E-state index in [2.05, 4.69) is 216 Å². The standard InChI is InChI=1S/C50H34N2/c1-3-14-36(15-4-1)42-20-9-11-23-46(42)52(49-25-13-17-38-27-26-37-16-7-8-21-43(37)50(38)49)41-31-28-35(29-32-41)39-30-33-48-45(34-39)44-22-10-12-24-47(44)51(48)40-18-5-2-6-19-40/h1-34H. The van der Waals surface area contributed by atoms with Crippen LogP contribution in [0.15, 0.2) is 206 Å². The van der Waals surface area contributed by atoms with Gasteiger partial charge in [0.2, 0.25) is 0 Å². The zero-order valence-electron chi connectivity index (χ0n) is 28.5. The first-order valence-electron chi connectivity index (χ1n) is 17.9. The number of para-hydroxylation sites is 3. The van der Waals surface area contributed by atoms with Gasteiger partial charge in [0, 0.05) is 33.1 Å². The predicted octanol–water partition coefficient (Wildman–Crippen LogP) is 13.9. The third kappa shape index (κ3) is 4.96. The van der Waals surface area contributed by atoms with Gasteiger partial charge in [-0.15, -0.1) is 0 Å².